The maximum atomic E-state index is 12.5. The van der Waals surface area contributed by atoms with Crippen molar-refractivity contribution in [2.45, 2.75) is 32.5 Å². The Morgan fingerprint density at radius 3 is 1.97 bits per heavy atom. The quantitative estimate of drug-likeness (QED) is 0.502. The van der Waals surface area contributed by atoms with Crippen molar-refractivity contribution in [2.24, 2.45) is 0 Å². The fourth-order valence-corrected chi connectivity index (χ4v) is 2.40. The van der Waals surface area contributed by atoms with Crippen molar-refractivity contribution in [3.63, 3.8) is 0 Å². The molecule has 2 rings (SSSR count). The Balaban J connectivity index is 0.000000804. The van der Waals surface area contributed by atoms with Gasteiger partial charge in [0, 0.05) is 13.2 Å². The number of carbonyl (C=O) groups is 3. The predicted octanol–water partition coefficient (Wildman–Crippen LogP) is 2.95. The molecule has 0 fully saturated rings. The molecule has 30 heavy (non-hydrogen) atoms. The standard InChI is InChI=1S/C18H16O7.C4H10O/c19-15(20)10-14(18(23)24)25-13-9-5-4-8-12(13)17(22)16(21)11-6-2-1-3-7-11;1-3-5-4-2/h1-9,14,16,21H,10H2,(H,19,20)(H,23,24);3-4H2,1-2H3. The molecule has 0 spiro atoms. The molecule has 8 nitrogen and oxygen atoms in total. The lowest BCUT2D eigenvalue weighted by molar-refractivity contribution is -0.151. The van der Waals surface area contributed by atoms with Crippen LogP contribution in [0.5, 0.6) is 5.75 Å². The van der Waals surface area contributed by atoms with E-state index in [9.17, 15) is 19.5 Å². The van der Waals surface area contributed by atoms with Crippen LogP contribution in [0, 0.1) is 0 Å². The van der Waals surface area contributed by atoms with Crippen LogP contribution >= 0.6 is 0 Å². The number of Topliss-reactive ketones (excluding diaryl/α,β-unsaturated/α-hetero) is 1. The van der Waals surface area contributed by atoms with Crippen molar-refractivity contribution in [1.82, 2.24) is 0 Å². The number of para-hydroxylation sites is 1. The molecule has 2 atom stereocenters. The highest BCUT2D eigenvalue weighted by Crippen LogP contribution is 2.26. The number of carbonyl (C=O) groups excluding carboxylic acids is 1. The summed E-state index contributed by atoms with van der Waals surface area (Å²) in [5, 5.41) is 28.1. The van der Waals surface area contributed by atoms with Crippen molar-refractivity contribution in [3.05, 3.63) is 65.7 Å². The summed E-state index contributed by atoms with van der Waals surface area (Å²) >= 11 is 0. The third kappa shape index (κ3) is 8.02. The van der Waals surface area contributed by atoms with Gasteiger partial charge >= 0.3 is 11.9 Å². The normalized spacial score (nSPS) is 12.1. The molecule has 0 saturated carbocycles. The number of rotatable bonds is 10. The van der Waals surface area contributed by atoms with Crippen molar-refractivity contribution in [1.29, 1.82) is 0 Å². The Morgan fingerprint density at radius 1 is 0.900 bits per heavy atom. The lowest BCUT2D eigenvalue weighted by Gasteiger charge is -2.17. The van der Waals surface area contributed by atoms with Crippen LogP contribution in [0.2, 0.25) is 0 Å². The van der Waals surface area contributed by atoms with Crippen molar-refractivity contribution in [2.75, 3.05) is 13.2 Å². The molecule has 0 amide bonds. The smallest absolute Gasteiger partial charge is 0.345 e. The van der Waals surface area contributed by atoms with Crippen LogP contribution in [0.25, 0.3) is 0 Å². The molecule has 0 heterocycles. The maximum absolute atomic E-state index is 12.5. The molecule has 2 aromatic rings. The van der Waals surface area contributed by atoms with Crippen LogP contribution < -0.4 is 4.74 Å². The van der Waals surface area contributed by atoms with E-state index < -0.39 is 36.4 Å². The zero-order valence-corrected chi connectivity index (χ0v) is 16.9. The molecule has 162 valence electrons. The van der Waals surface area contributed by atoms with E-state index in [1.807, 2.05) is 13.8 Å². The lowest BCUT2D eigenvalue weighted by Crippen LogP contribution is -2.30. The molecule has 8 heteroatoms. The van der Waals surface area contributed by atoms with Crippen LogP contribution in [0.3, 0.4) is 0 Å². The number of ketones is 1. The Bertz CT molecular complexity index is 817. The summed E-state index contributed by atoms with van der Waals surface area (Å²) in [5.74, 6) is -3.59. The van der Waals surface area contributed by atoms with Gasteiger partial charge in [0.2, 0.25) is 6.10 Å². The number of carboxylic acid groups (broad SMARTS) is 2. The molecular weight excluding hydrogens is 392 g/mol. The van der Waals surface area contributed by atoms with Crippen molar-refractivity contribution in [3.8, 4) is 5.75 Å². The zero-order valence-electron chi connectivity index (χ0n) is 16.9. The predicted molar refractivity (Wildman–Crippen MR) is 109 cm³/mol. The van der Waals surface area contributed by atoms with Gasteiger partial charge in [0.15, 0.2) is 5.78 Å². The number of hydrogen-bond donors (Lipinski definition) is 3. The Labute approximate surface area is 174 Å². The van der Waals surface area contributed by atoms with Gasteiger partial charge in [0.1, 0.15) is 11.9 Å². The molecule has 3 N–H and O–H groups in total. The van der Waals surface area contributed by atoms with E-state index in [1.54, 1.807) is 30.3 Å². The third-order valence-electron chi connectivity index (χ3n) is 3.83. The van der Waals surface area contributed by atoms with Crippen molar-refractivity contribution >= 4 is 17.7 Å². The topological polar surface area (TPSA) is 130 Å². The first-order valence-corrected chi connectivity index (χ1v) is 9.37. The van der Waals surface area contributed by atoms with E-state index in [4.69, 9.17) is 19.7 Å². The van der Waals surface area contributed by atoms with Crippen LogP contribution in [0.4, 0.5) is 0 Å². The Hall–Kier alpha value is -3.23. The Morgan fingerprint density at radius 2 is 1.47 bits per heavy atom. The molecule has 0 aliphatic carbocycles. The van der Waals surface area contributed by atoms with Crippen LogP contribution in [-0.2, 0) is 14.3 Å². The minimum atomic E-state index is -1.65. The summed E-state index contributed by atoms with van der Waals surface area (Å²) in [7, 11) is 0. The largest absolute Gasteiger partial charge is 0.481 e. The lowest BCUT2D eigenvalue weighted by atomic mass is 9.99. The minimum Gasteiger partial charge on any atom is -0.481 e. The third-order valence-corrected chi connectivity index (χ3v) is 3.83. The number of aliphatic hydroxyl groups is 1. The van der Waals surface area contributed by atoms with Gasteiger partial charge in [-0.25, -0.2) is 4.79 Å². The van der Waals surface area contributed by atoms with E-state index in [0.29, 0.717) is 5.56 Å². The first kappa shape index (κ1) is 24.8. The van der Waals surface area contributed by atoms with E-state index in [2.05, 4.69) is 0 Å². The zero-order chi connectivity index (χ0) is 22.5. The van der Waals surface area contributed by atoms with E-state index in [-0.39, 0.29) is 11.3 Å². The number of benzene rings is 2. The van der Waals surface area contributed by atoms with Crippen molar-refractivity contribution < 1.29 is 39.2 Å². The number of aliphatic carboxylic acids is 2. The fourth-order valence-electron chi connectivity index (χ4n) is 2.40. The van der Waals surface area contributed by atoms with Crippen LogP contribution in [0.1, 0.15) is 42.3 Å². The number of ether oxygens (including phenoxy) is 2. The van der Waals surface area contributed by atoms with E-state index in [0.717, 1.165) is 13.2 Å². The average molecular weight is 418 g/mol. The highest BCUT2D eigenvalue weighted by Gasteiger charge is 2.27. The van der Waals surface area contributed by atoms with Gasteiger partial charge < -0.3 is 24.8 Å². The molecular formula is C22H26O8. The van der Waals surface area contributed by atoms with Gasteiger partial charge in [0.05, 0.1) is 12.0 Å². The summed E-state index contributed by atoms with van der Waals surface area (Å²) in [4.78, 5) is 34.5. The molecule has 0 saturated heterocycles. The SMILES string of the molecule is CCOCC.O=C(O)CC(Oc1ccccc1C(=O)C(O)c1ccccc1)C(=O)O. The number of hydrogen-bond acceptors (Lipinski definition) is 6. The first-order valence-electron chi connectivity index (χ1n) is 9.37. The molecule has 0 aliphatic rings. The van der Waals surface area contributed by atoms with Gasteiger partial charge in [-0.15, -0.1) is 0 Å². The second-order valence-corrected chi connectivity index (χ2v) is 6.00. The average Bonchev–Trinajstić information content (AvgIpc) is 2.74. The van der Waals surface area contributed by atoms with Gasteiger partial charge in [-0.05, 0) is 31.5 Å². The van der Waals surface area contributed by atoms with Crippen LogP contribution in [-0.4, -0.2) is 52.4 Å². The maximum Gasteiger partial charge on any atom is 0.345 e. The summed E-state index contributed by atoms with van der Waals surface area (Å²) in [6.45, 7) is 5.67. The monoisotopic (exact) mass is 418 g/mol. The van der Waals surface area contributed by atoms with Crippen LogP contribution in [0.15, 0.2) is 54.6 Å². The molecule has 0 radical (unpaired) electrons. The van der Waals surface area contributed by atoms with Gasteiger partial charge in [-0.1, -0.05) is 42.5 Å². The van der Waals surface area contributed by atoms with Gasteiger partial charge in [0.25, 0.3) is 0 Å². The molecule has 0 bridgehead atoms. The molecule has 2 unspecified atom stereocenters. The fraction of sp³-hybridized carbons (Fsp3) is 0.318. The summed E-state index contributed by atoms with van der Waals surface area (Å²) < 4.78 is 10.0. The second kappa shape index (κ2) is 13.1. The highest BCUT2D eigenvalue weighted by molar-refractivity contribution is 6.02. The van der Waals surface area contributed by atoms with Gasteiger partial charge in [-0.2, -0.15) is 0 Å². The van der Waals surface area contributed by atoms with E-state index >= 15 is 0 Å². The summed E-state index contributed by atoms with van der Waals surface area (Å²) in [6, 6.07) is 14.0. The number of carboxylic acids is 2. The summed E-state index contributed by atoms with van der Waals surface area (Å²) in [5.41, 5.74) is 0.345. The van der Waals surface area contributed by atoms with E-state index in [1.165, 1.54) is 24.3 Å². The summed E-state index contributed by atoms with van der Waals surface area (Å²) in [6.07, 6.45) is -3.87. The molecule has 2 aromatic carbocycles. The molecule has 0 aliphatic heterocycles. The number of aliphatic hydroxyl groups excluding tert-OH is 1. The van der Waals surface area contributed by atoms with Gasteiger partial charge in [-0.3, -0.25) is 9.59 Å². The first-order chi connectivity index (χ1) is 14.3. The Kier molecular flexibility index (Phi) is 10.8. The minimum absolute atomic E-state index is 0.0320. The highest BCUT2D eigenvalue weighted by atomic mass is 16.5. The second-order valence-electron chi connectivity index (χ2n) is 6.00. The molecule has 0 aromatic heterocycles.